The summed E-state index contributed by atoms with van der Waals surface area (Å²) in [6.07, 6.45) is 0. The summed E-state index contributed by atoms with van der Waals surface area (Å²) >= 11 is 1.15. The van der Waals surface area contributed by atoms with Crippen LogP contribution in [0.25, 0.3) is 0 Å². The van der Waals surface area contributed by atoms with Crippen molar-refractivity contribution < 1.29 is 22.5 Å². The largest absolute Gasteiger partial charge is 0.375 e. The second-order valence-corrected chi connectivity index (χ2v) is 9.26. The summed E-state index contributed by atoms with van der Waals surface area (Å²) in [6, 6.07) is 0. The summed E-state index contributed by atoms with van der Waals surface area (Å²) in [5.74, 6) is -0.848. The molecule has 0 bridgehead atoms. The fourth-order valence-corrected chi connectivity index (χ4v) is 4.13. The number of aryl methyl sites for hydroxylation is 2. The van der Waals surface area contributed by atoms with Crippen LogP contribution in [-0.4, -0.2) is 49.0 Å². The Labute approximate surface area is 166 Å². The van der Waals surface area contributed by atoms with Crippen LogP contribution >= 0.6 is 11.3 Å². The molecule has 0 aromatic carbocycles. The SMILES string of the molecule is Cc1noc(C)c1S(=O)(=O)NCC(=O)NCC(C)(C)NC(=O)c1csc(N)n1. The quantitative estimate of drug-likeness (QED) is 0.451. The molecule has 2 aromatic heterocycles. The molecule has 2 heterocycles. The van der Waals surface area contributed by atoms with Gasteiger partial charge in [-0.1, -0.05) is 5.16 Å². The molecule has 154 valence electrons. The second-order valence-electron chi connectivity index (χ2n) is 6.66. The van der Waals surface area contributed by atoms with Crippen LogP contribution in [0.15, 0.2) is 14.8 Å². The number of amides is 2. The number of nitrogens with zero attached hydrogens (tertiary/aromatic N) is 2. The number of nitrogen functional groups attached to an aromatic ring is 1. The van der Waals surface area contributed by atoms with Gasteiger partial charge in [0.15, 0.2) is 10.9 Å². The van der Waals surface area contributed by atoms with Crippen LogP contribution < -0.4 is 21.1 Å². The Morgan fingerprint density at radius 1 is 1.32 bits per heavy atom. The lowest BCUT2D eigenvalue weighted by molar-refractivity contribution is -0.120. The smallest absolute Gasteiger partial charge is 0.271 e. The summed E-state index contributed by atoms with van der Waals surface area (Å²) in [5.41, 5.74) is 5.10. The predicted octanol–water partition coefficient (Wildman–Crippen LogP) is -0.0668. The van der Waals surface area contributed by atoms with Crippen LogP contribution in [0, 0.1) is 13.8 Å². The maximum Gasteiger partial charge on any atom is 0.271 e. The molecule has 11 nitrogen and oxygen atoms in total. The van der Waals surface area contributed by atoms with Crippen LogP contribution in [0.1, 0.15) is 35.8 Å². The van der Waals surface area contributed by atoms with Gasteiger partial charge in [0, 0.05) is 11.9 Å². The molecule has 2 rings (SSSR count). The zero-order valence-electron chi connectivity index (χ0n) is 15.8. The van der Waals surface area contributed by atoms with Crippen molar-refractivity contribution in [1.29, 1.82) is 0 Å². The Morgan fingerprint density at radius 3 is 2.54 bits per heavy atom. The molecule has 0 aliphatic heterocycles. The number of anilines is 1. The Kier molecular flexibility index (Phi) is 6.41. The molecule has 0 saturated carbocycles. The number of nitrogens with two attached hydrogens (primary N) is 1. The van der Waals surface area contributed by atoms with E-state index in [2.05, 4.69) is 25.5 Å². The number of thiazole rings is 1. The lowest BCUT2D eigenvalue weighted by atomic mass is 10.1. The lowest BCUT2D eigenvalue weighted by Gasteiger charge is -2.26. The van der Waals surface area contributed by atoms with E-state index in [1.807, 2.05) is 0 Å². The van der Waals surface area contributed by atoms with E-state index < -0.39 is 33.9 Å². The Balaban J connectivity index is 1.86. The van der Waals surface area contributed by atoms with Crippen molar-refractivity contribution in [2.45, 2.75) is 38.1 Å². The Hall–Kier alpha value is -2.51. The molecule has 0 radical (unpaired) electrons. The average molecular weight is 431 g/mol. The number of carbonyl (C=O) groups excluding carboxylic acids is 2. The summed E-state index contributed by atoms with van der Waals surface area (Å²) < 4.78 is 31.6. The Bertz CT molecular complexity index is 959. The molecule has 5 N–H and O–H groups in total. The first-order valence-electron chi connectivity index (χ1n) is 8.14. The predicted molar refractivity (Wildman–Crippen MR) is 102 cm³/mol. The van der Waals surface area contributed by atoms with Crippen molar-refractivity contribution in [3.05, 3.63) is 22.5 Å². The molecule has 0 fully saturated rings. The fourth-order valence-electron chi connectivity index (χ4n) is 2.28. The van der Waals surface area contributed by atoms with Crippen molar-refractivity contribution in [3.63, 3.8) is 0 Å². The van der Waals surface area contributed by atoms with E-state index in [0.717, 1.165) is 11.3 Å². The van der Waals surface area contributed by atoms with Gasteiger partial charge in [-0.25, -0.2) is 18.1 Å². The summed E-state index contributed by atoms with van der Waals surface area (Å²) in [7, 11) is -3.94. The average Bonchev–Trinajstić information content (AvgIpc) is 3.16. The van der Waals surface area contributed by atoms with Gasteiger partial charge in [0.05, 0.1) is 12.1 Å². The maximum absolute atomic E-state index is 12.3. The van der Waals surface area contributed by atoms with Crippen molar-refractivity contribution >= 4 is 38.3 Å². The number of rotatable bonds is 8. The molecule has 0 aliphatic rings. The Morgan fingerprint density at radius 2 is 2.00 bits per heavy atom. The maximum atomic E-state index is 12.3. The third kappa shape index (κ3) is 5.50. The molecule has 0 unspecified atom stereocenters. The van der Waals surface area contributed by atoms with E-state index in [1.54, 1.807) is 13.8 Å². The van der Waals surface area contributed by atoms with Gasteiger partial charge in [0.25, 0.3) is 5.91 Å². The summed E-state index contributed by atoms with van der Waals surface area (Å²) in [6.45, 7) is 5.97. The van der Waals surface area contributed by atoms with Crippen LogP contribution in [0.3, 0.4) is 0 Å². The first-order chi connectivity index (χ1) is 12.9. The van der Waals surface area contributed by atoms with Crippen molar-refractivity contribution in [1.82, 2.24) is 25.5 Å². The lowest BCUT2D eigenvalue weighted by Crippen LogP contribution is -2.52. The van der Waals surface area contributed by atoms with Gasteiger partial charge in [-0.3, -0.25) is 9.59 Å². The zero-order valence-corrected chi connectivity index (χ0v) is 17.5. The number of hydrogen-bond donors (Lipinski definition) is 4. The molecule has 2 amide bonds. The summed E-state index contributed by atoms with van der Waals surface area (Å²) in [5, 5.41) is 10.7. The first kappa shape index (κ1) is 21.8. The number of aromatic nitrogens is 2. The minimum Gasteiger partial charge on any atom is -0.375 e. The van der Waals surface area contributed by atoms with Gasteiger partial charge in [0.2, 0.25) is 15.9 Å². The van der Waals surface area contributed by atoms with Crippen molar-refractivity contribution in [2.75, 3.05) is 18.8 Å². The van der Waals surface area contributed by atoms with Crippen LogP contribution in [0.2, 0.25) is 0 Å². The highest BCUT2D eigenvalue weighted by Gasteiger charge is 2.26. The van der Waals surface area contributed by atoms with E-state index in [0.29, 0.717) is 0 Å². The highest BCUT2D eigenvalue weighted by molar-refractivity contribution is 7.89. The van der Waals surface area contributed by atoms with Crippen molar-refractivity contribution in [3.8, 4) is 0 Å². The van der Waals surface area contributed by atoms with E-state index in [1.165, 1.54) is 19.2 Å². The minimum atomic E-state index is -3.94. The van der Waals surface area contributed by atoms with Gasteiger partial charge < -0.3 is 20.9 Å². The molecular formula is C15H22N6O5S2. The third-order valence-electron chi connectivity index (χ3n) is 3.59. The zero-order chi connectivity index (χ0) is 21.1. The van der Waals surface area contributed by atoms with E-state index in [9.17, 15) is 18.0 Å². The second kappa shape index (κ2) is 8.24. The minimum absolute atomic E-state index is 0.0737. The standard InChI is InChI=1S/C15H22N6O5S2/c1-8-12(9(2)26-21-8)28(24,25)18-5-11(22)17-7-15(3,4)20-13(23)10-6-27-14(16)19-10/h6,18H,5,7H2,1-4H3,(H2,16,19)(H,17,22)(H,20,23). The highest BCUT2D eigenvalue weighted by Crippen LogP contribution is 2.18. The van der Waals surface area contributed by atoms with Crippen molar-refractivity contribution in [2.24, 2.45) is 0 Å². The van der Waals surface area contributed by atoms with Crippen LogP contribution in [0.5, 0.6) is 0 Å². The molecule has 2 aromatic rings. The molecule has 0 aliphatic carbocycles. The number of hydrogen-bond acceptors (Lipinski definition) is 9. The molecule has 0 atom stereocenters. The van der Waals surface area contributed by atoms with Gasteiger partial charge in [-0.15, -0.1) is 11.3 Å². The van der Waals surface area contributed by atoms with Crippen LogP contribution in [-0.2, 0) is 14.8 Å². The van der Waals surface area contributed by atoms with Crippen LogP contribution in [0.4, 0.5) is 5.13 Å². The monoisotopic (exact) mass is 430 g/mol. The van der Waals surface area contributed by atoms with Gasteiger partial charge >= 0.3 is 0 Å². The van der Waals surface area contributed by atoms with Gasteiger partial charge in [0.1, 0.15) is 16.3 Å². The number of carbonyl (C=O) groups is 2. The third-order valence-corrected chi connectivity index (χ3v) is 5.91. The highest BCUT2D eigenvalue weighted by atomic mass is 32.2. The molecule has 13 heteroatoms. The molecule has 0 spiro atoms. The summed E-state index contributed by atoms with van der Waals surface area (Å²) in [4.78, 5) is 28.0. The topological polar surface area (TPSA) is 169 Å². The molecular weight excluding hydrogens is 408 g/mol. The normalized spacial score (nSPS) is 12.0. The molecule has 28 heavy (non-hydrogen) atoms. The number of nitrogens with one attached hydrogen (secondary N) is 3. The van der Waals surface area contributed by atoms with E-state index in [-0.39, 0.29) is 33.7 Å². The number of sulfonamides is 1. The molecule has 0 saturated heterocycles. The van der Waals surface area contributed by atoms with Gasteiger partial charge in [-0.05, 0) is 27.7 Å². The van der Waals surface area contributed by atoms with E-state index >= 15 is 0 Å². The first-order valence-corrected chi connectivity index (χ1v) is 10.5. The van der Waals surface area contributed by atoms with Gasteiger partial charge in [-0.2, -0.15) is 0 Å². The fraction of sp³-hybridized carbons (Fsp3) is 0.467. The van der Waals surface area contributed by atoms with E-state index in [4.69, 9.17) is 10.3 Å².